The summed E-state index contributed by atoms with van der Waals surface area (Å²) in [6, 6.07) is 17.3. The Kier molecular flexibility index (Phi) is 11.4. The zero-order valence-corrected chi connectivity index (χ0v) is 27.3. The van der Waals surface area contributed by atoms with E-state index in [1.165, 1.54) is 60.6 Å². The van der Waals surface area contributed by atoms with Crippen molar-refractivity contribution in [2.45, 2.75) is 38.8 Å². The SMILES string of the molecule is COC(=O)C[C@H](O)CC(=O)/C=C/c1c(-c2ccc(F)cc2)c(-c2ccc(F)cc2)c(C(=O)Nc2cccc(C(=O)N(C)C)c2)n1C(C)C. The van der Waals surface area contributed by atoms with Crippen molar-refractivity contribution in [2.75, 3.05) is 26.5 Å². The van der Waals surface area contributed by atoms with Gasteiger partial charge in [0.15, 0.2) is 5.78 Å². The van der Waals surface area contributed by atoms with Crippen molar-refractivity contribution in [2.24, 2.45) is 0 Å². The van der Waals surface area contributed by atoms with Gasteiger partial charge in [0.2, 0.25) is 0 Å². The lowest BCUT2D eigenvalue weighted by atomic mass is 9.94. The maximum atomic E-state index is 14.4. The van der Waals surface area contributed by atoms with Gasteiger partial charge >= 0.3 is 5.97 Å². The van der Waals surface area contributed by atoms with Crippen LogP contribution in [-0.4, -0.2) is 65.4 Å². The number of aromatic nitrogens is 1. The molecule has 11 heteroatoms. The van der Waals surface area contributed by atoms with Crippen LogP contribution in [0.25, 0.3) is 28.3 Å². The van der Waals surface area contributed by atoms with E-state index in [0.29, 0.717) is 39.2 Å². The minimum Gasteiger partial charge on any atom is -0.469 e. The first-order chi connectivity index (χ1) is 22.8. The second-order valence-electron chi connectivity index (χ2n) is 11.6. The monoisotopic (exact) mass is 657 g/mol. The Hall–Kier alpha value is -5.42. The Balaban J connectivity index is 1.95. The van der Waals surface area contributed by atoms with Crippen LogP contribution in [0.5, 0.6) is 0 Å². The second-order valence-corrected chi connectivity index (χ2v) is 11.6. The van der Waals surface area contributed by atoms with Crippen LogP contribution in [-0.2, 0) is 14.3 Å². The van der Waals surface area contributed by atoms with Gasteiger partial charge in [-0.3, -0.25) is 19.2 Å². The van der Waals surface area contributed by atoms with E-state index in [4.69, 9.17) is 0 Å². The number of carbonyl (C=O) groups is 4. The number of esters is 1. The van der Waals surface area contributed by atoms with Crippen molar-refractivity contribution in [3.05, 3.63) is 107 Å². The van der Waals surface area contributed by atoms with Crippen LogP contribution in [0, 0.1) is 11.6 Å². The number of rotatable bonds is 12. The van der Waals surface area contributed by atoms with Crippen LogP contribution in [0.1, 0.15) is 59.3 Å². The minimum absolute atomic E-state index is 0.165. The fourth-order valence-corrected chi connectivity index (χ4v) is 5.34. The molecule has 0 aliphatic rings. The normalized spacial score (nSPS) is 11.9. The molecule has 0 aliphatic carbocycles. The van der Waals surface area contributed by atoms with Gasteiger partial charge in [0.1, 0.15) is 17.3 Å². The van der Waals surface area contributed by atoms with Crippen LogP contribution in [0.3, 0.4) is 0 Å². The average molecular weight is 658 g/mol. The zero-order chi connectivity index (χ0) is 35.1. The van der Waals surface area contributed by atoms with Crippen molar-refractivity contribution in [3.8, 4) is 22.3 Å². The first kappa shape index (κ1) is 35.4. The molecule has 3 aromatic carbocycles. The summed E-state index contributed by atoms with van der Waals surface area (Å²) in [6.07, 6.45) is 0.759. The molecule has 2 N–H and O–H groups in total. The third-order valence-electron chi connectivity index (χ3n) is 7.51. The lowest BCUT2D eigenvalue weighted by molar-refractivity contribution is -0.143. The minimum atomic E-state index is -1.27. The number of benzene rings is 3. The fourth-order valence-electron chi connectivity index (χ4n) is 5.34. The van der Waals surface area contributed by atoms with Crippen molar-refractivity contribution >= 4 is 35.3 Å². The predicted molar refractivity (Wildman–Crippen MR) is 179 cm³/mol. The van der Waals surface area contributed by atoms with E-state index >= 15 is 0 Å². The molecule has 0 radical (unpaired) electrons. The zero-order valence-electron chi connectivity index (χ0n) is 27.3. The number of nitrogens with one attached hydrogen (secondary N) is 1. The Morgan fingerprint density at radius 3 is 2.02 bits per heavy atom. The van der Waals surface area contributed by atoms with Gasteiger partial charge in [-0.25, -0.2) is 8.78 Å². The number of aliphatic hydroxyl groups is 1. The number of amides is 2. The number of allylic oxidation sites excluding steroid dienone is 1. The Bertz CT molecular complexity index is 1840. The van der Waals surface area contributed by atoms with E-state index in [2.05, 4.69) is 10.1 Å². The molecule has 1 atom stereocenters. The van der Waals surface area contributed by atoms with Crippen LogP contribution in [0.4, 0.5) is 14.5 Å². The quantitative estimate of drug-likeness (QED) is 0.132. The molecule has 250 valence electrons. The first-order valence-electron chi connectivity index (χ1n) is 15.2. The molecule has 4 rings (SSSR count). The Morgan fingerprint density at radius 2 is 1.48 bits per heavy atom. The van der Waals surface area contributed by atoms with Crippen molar-refractivity contribution < 1.29 is 37.8 Å². The summed E-state index contributed by atoms with van der Waals surface area (Å²) in [4.78, 5) is 52.9. The smallest absolute Gasteiger partial charge is 0.308 e. The number of aliphatic hydroxyl groups excluding tert-OH is 1. The molecule has 0 fully saturated rings. The van der Waals surface area contributed by atoms with E-state index in [0.717, 1.165) is 0 Å². The van der Waals surface area contributed by atoms with Gasteiger partial charge in [0.05, 0.1) is 25.3 Å². The van der Waals surface area contributed by atoms with Crippen LogP contribution < -0.4 is 5.32 Å². The molecule has 0 saturated heterocycles. The van der Waals surface area contributed by atoms with Crippen LogP contribution in [0.2, 0.25) is 0 Å². The van der Waals surface area contributed by atoms with E-state index in [1.54, 1.807) is 55.1 Å². The van der Waals surface area contributed by atoms with Crippen molar-refractivity contribution in [1.82, 2.24) is 9.47 Å². The molecule has 0 spiro atoms. The number of halogens is 2. The molecule has 0 aliphatic heterocycles. The van der Waals surface area contributed by atoms with E-state index in [9.17, 15) is 33.1 Å². The van der Waals surface area contributed by atoms with E-state index < -0.39 is 35.4 Å². The molecule has 0 bridgehead atoms. The summed E-state index contributed by atoms with van der Waals surface area (Å²) in [5.41, 5.74) is 3.14. The summed E-state index contributed by atoms with van der Waals surface area (Å²) in [5.74, 6) is -2.94. The molecule has 1 heterocycles. The molecular formula is C37H37F2N3O6. The highest BCUT2D eigenvalue weighted by molar-refractivity contribution is 6.12. The molecular weight excluding hydrogens is 620 g/mol. The van der Waals surface area contributed by atoms with Gasteiger partial charge in [0, 0.05) is 48.9 Å². The Morgan fingerprint density at radius 1 is 0.896 bits per heavy atom. The maximum Gasteiger partial charge on any atom is 0.308 e. The maximum absolute atomic E-state index is 14.4. The number of nitrogens with zero attached hydrogens (tertiary/aromatic N) is 2. The molecule has 9 nitrogen and oxygen atoms in total. The van der Waals surface area contributed by atoms with Crippen molar-refractivity contribution in [3.63, 3.8) is 0 Å². The molecule has 4 aromatic rings. The van der Waals surface area contributed by atoms with Gasteiger partial charge in [-0.15, -0.1) is 0 Å². The number of carbonyl (C=O) groups excluding carboxylic acids is 4. The molecule has 0 unspecified atom stereocenters. The first-order valence-corrected chi connectivity index (χ1v) is 15.2. The summed E-state index contributed by atoms with van der Waals surface area (Å²) >= 11 is 0. The second kappa shape index (κ2) is 15.4. The highest BCUT2D eigenvalue weighted by Gasteiger charge is 2.30. The van der Waals surface area contributed by atoms with Gasteiger partial charge in [-0.05, 0) is 79.6 Å². The fraction of sp³-hybridized carbons (Fsp3) is 0.243. The largest absolute Gasteiger partial charge is 0.469 e. The third-order valence-corrected chi connectivity index (χ3v) is 7.51. The van der Waals surface area contributed by atoms with Crippen LogP contribution >= 0.6 is 0 Å². The lowest BCUT2D eigenvalue weighted by Crippen LogP contribution is -2.22. The molecule has 2 amide bonds. The molecule has 0 saturated carbocycles. The van der Waals surface area contributed by atoms with Gasteiger partial charge < -0.3 is 24.6 Å². The number of ketones is 1. The van der Waals surface area contributed by atoms with Crippen molar-refractivity contribution in [1.29, 1.82) is 0 Å². The average Bonchev–Trinajstić information content (AvgIpc) is 3.39. The van der Waals surface area contributed by atoms with E-state index in [1.807, 2.05) is 13.8 Å². The topological polar surface area (TPSA) is 118 Å². The van der Waals surface area contributed by atoms with Gasteiger partial charge in [0.25, 0.3) is 11.8 Å². The van der Waals surface area contributed by atoms with Crippen LogP contribution in [0.15, 0.2) is 78.9 Å². The lowest BCUT2D eigenvalue weighted by Gasteiger charge is -2.17. The standard InChI is InChI=1S/C37H37F2N3O6/c1-22(2)42-31(18-17-29(43)20-30(44)21-32(45)48-5)33(23-9-13-26(38)14-10-23)34(24-11-15-27(39)16-12-24)35(42)36(46)40-28-8-6-7-25(19-28)37(47)41(3)4/h6-19,22,30,44H,20-21H2,1-5H3,(H,40,46)/b18-17+/t30-/m1/s1. The van der Waals surface area contributed by atoms with E-state index in [-0.39, 0.29) is 30.5 Å². The summed E-state index contributed by atoms with van der Waals surface area (Å²) < 4.78 is 34.6. The highest BCUT2D eigenvalue weighted by Crippen LogP contribution is 2.43. The highest BCUT2D eigenvalue weighted by atomic mass is 19.1. The van der Waals surface area contributed by atoms with Gasteiger partial charge in [-0.2, -0.15) is 0 Å². The number of methoxy groups -OCH3 is 1. The number of ether oxygens (including phenoxy) is 1. The third kappa shape index (κ3) is 8.29. The number of hydrogen-bond donors (Lipinski definition) is 2. The molecule has 48 heavy (non-hydrogen) atoms. The number of hydrogen-bond acceptors (Lipinski definition) is 6. The van der Waals surface area contributed by atoms with Gasteiger partial charge in [-0.1, -0.05) is 30.3 Å². The summed E-state index contributed by atoms with van der Waals surface area (Å²) in [7, 11) is 4.42. The molecule has 1 aromatic heterocycles. The number of anilines is 1. The summed E-state index contributed by atoms with van der Waals surface area (Å²) in [6.45, 7) is 3.69. The summed E-state index contributed by atoms with van der Waals surface area (Å²) in [5, 5.41) is 13.1. The predicted octanol–water partition coefficient (Wildman–Crippen LogP) is 6.53. The Labute approximate surface area is 277 Å².